The number of hydrogen-bond acceptors (Lipinski definition) is 3. The molecule has 0 spiro atoms. The van der Waals surface area contributed by atoms with Crippen molar-refractivity contribution in [3.05, 3.63) is 35.9 Å². The van der Waals surface area contributed by atoms with Crippen molar-refractivity contribution in [3.8, 4) is 0 Å². The third-order valence-electron chi connectivity index (χ3n) is 3.03. The van der Waals surface area contributed by atoms with Crippen LogP contribution in [0.5, 0.6) is 0 Å². The zero-order valence-electron chi connectivity index (χ0n) is 9.73. The summed E-state index contributed by atoms with van der Waals surface area (Å²) < 4.78 is 19.2. The molecule has 2 N–H and O–H groups in total. The highest BCUT2D eigenvalue weighted by atomic mass is 19.1. The molecule has 1 aromatic carbocycles. The van der Waals surface area contributed by atoms with Crippen molar-refractivity contribution in [2.45, 2.75) is 24.7 Å². The van der Waals surface area contributed by atoms with Gasteiger partial charge < -0.3 is 15.2 Å². The Bertz CT molecular complexity index is 347. The molecule has 0 amide bonds. The molecule has 1 aromatic rings. The Balaban J connectivity index is 1.70. The summed E-state index contributed by atoms with van der Waals surface area (Å²) in [5.74, 6) is 0. The van der Waals surface area contributed by atoms with Crippen molar-refractivity contribution in [2.75, 3.05) is 19.8 Å². The summed E-state index contributed by atoms with van der Waals surface area (Å²) in [4.78, 5) is 0. The third-order valence-corrected chi connectivity index (χ3v) is 3.03. The van der Waals surface area contributed by atoms with Crippen LogP contribution in [-0.2, 0) is 11.3 Å². The van der Waals surface area contributed by atoms with Gasteiger partial charge in [-0.05, 0) is 5.56 Å². The van der Waals surface area contributed by atoms with Gasteiger partial charge in [0.25, 0.3) is 0 Å². The number of hydrogen-bond donors (Lipinski definition) is 2. The summed E-state index contributed by atoms with van der Waals surface area (Å²) >= 11 is 0. The molecule has 94 valence electrons. The van der Waals surface area contributed by atoms with Crippen LogP contribution in [0.4, 0.5) is 4.39 Å². The smallest absolute Gasteiger partial charge is 0.147 e. The molecule has 0 aromatic heterocycles. The first-order chi connectivity index (χ1) is 8.22. The van der Waals surface area contributed by atoms with Gasteiger partial charge >= 0.3 is 0 Å². The van der Waals surface area contributed by atoms with Gasteiger partial charge in [-0.25, -0.2) is 4.39 Å². The van der Waals surface area contributed by atoms with Crippen molar-refractivity contribution < 1.29 is 14.2 Å². The van der Waals surface area contributed by atoms with Crippen molar-refractivity contribution in [1.29, 1.82) is 0 Å². The number of nitrogens with one attached hydrogen (secondary N) is 1. The minimum absolute atomic E-state index is 0.00383. The first-order valence-corrected chi connectivity index (χ1v) is 5.87. The predicted octanol–water partition coefficient (Wildman–Crippen LogP) is 1.27. The van der Waals surface area contributed by atoms with Crippen LogP contribution >= 0.6 is 0 Å². The lowest BCUT2D eigenvalue weighted by molar-refractivity contribution is 0.0726. The highest BCUT2D eigenvalue weighted by Gasteiger charge is 2.38. The Morgan fingerprint density at radius 1 is 1.41 bits per heavy atom. The fourth-order valence-electron chi connectivity index (χ4n) is 2.04. The van der Waals surface area contributed by atoms with Crippen LogP contribution in [0, 0.1) is 0 Å². The first-order valence-electron chi connectivity index (χ1n) is 5.87. The molecule has 0 saturated carbocycles. The number of rotatable bonds is 5. The number of benzene rings is 1. The Morgan fingerprint density at radius 3 is 2.82 bits per heavy atom. The van der Waals surface area contributed by atoms with Gasteiger partial charge in [-0.3, -0.25) is 0 Å². The second-order valence-corrected chi connectivity index (χ2v) is 4.59. The number of aliphatic hydroxyl groups is 1. The van der Waals surface area contributed by atoms with Crippen LogP contribution in [0.15, 0.2) is 30.3 Å². The largest absolute Gasteiger partial charge is 0.393 e. The fraction of sp³-hybridized carbons (Fsp3) is 0.538. The van der Waals surface area contributed by atoms with Gasteiger partial charge in [-0.15, -0.1) is 0 Å². The van der Waals surface area contributed by atoms with E-state index in [9.17, 15) is 4.39 Å². The van der Waals surface area contributed by atoms with Crippen molar-refractivity contribution >= 4 is 0 Å². The van der Waals surface area contributed by atoms with E-state index in [-0.39, 0.29) is 12.6 Å². The lowest BCUT2D eigenvalue weighted by Gasteiger charge is -2.14. The lowest BCUT2D eigenvalue weighted by Crippen LogP contribution is -2.30. The third kappa shape index (κ3) is 3.49. The Kier molecular flexibility index (Phi) is 4.10. The van der Waals surface area contributed by atoms with Crippen molar-refractivity contribution in [1.82, 2.24) is 5.32 Å². The quantitative estimate of drug-likeness (QED) is 0.813. The van der Waals surface area contributed by atoms with Crippen LogP contribution in [-0.4, -0.2) is 36.6 Å². The van der Waals surface area contributed by atoms with E-state index in [1.165, 1.54) is 0 Å². The van der Waals surface area contributed by atoms with Crippen LogP contribution in [0.1, 0.15) is 12.0 Å². The molecule has 2 unspecified atom stereocenters. The topological polar surface area (TPSA) is 41.5 Å². The Hall–Kier alpha value is -0.970. The molecule has 3 nitrogen and oxygen atoms in total. The summed E-state index contributed by atoms with van der Waals surface area (Å²) in [5.41, 5.74) is -0.361. The number of ether oxygens (including phenoxy) is 1. The molecule has 0 aliphatic carbocycles. The standard InChI is InChI=1S/C13H18FNO2/c14-13(10-16)6-12(15-9-13)8-17-7-11-4-2-1-3-5-11/h1-5,12,15-16H,6-10H2. The van der Waals surface area contributed by atoms with E-state index < -0.39 is 12.3 Å². The maximum atomic E-state index is 13.7. The molecule has 2 rings (SSSR count). The molecule has 0 radical (unpaired) electrons. The van der Waals surface area contributed by atoms with Gasteiger partial charge in [0, 0.05) is 19.0 Å². The molecular weight excluding hydrogens is 221 g/mol. The molecule has 1 heterocycles. The lowest BCUT2D eigenvalue weighted by atomic mass is 10.0. The molecule has 1 fully saturated rings. The van der Waals surface area contributed by atoms with Gasteiger partial charge in [0.1, 0.15) is 5.67 Å². The molecule has 0 bridgehead atoms. The fourth-order valence-corrected chi connectivity index (χ4v) is 2.04. The average Bonchev–Trinajstić information content (AvgIpc) is 2.74. The van der Waals surface area contributed by atoms with Crippen LogP contribution < -0.4 is 5.32 Å². The van der Waals surface area contributed by atoms with E-state index >= 15 is 0 Å². The van der Waals surface area contributed by atoms with Gasteiger partial charge in [0.05, 0.1) is 19.8 Å². The predicted molar refractivity (Wildman–Crippen MR) is 63.4 cm³/mol. The molecule has 4 heteroatoms. The molecule has 1 aliphatic rings. The van der Waals surface area contributed by atoms with Crippen molar-refractivity contribution in [3.63, 3.8) is 0 Å². The van der Waals surface area contributed by atoms with Gasteiger partial charge in [-0.2, -0.15) is 0 Å². The van der Waals surface area contributed by atoms with E-state index in [1.54, 1.807) is 0 Å². The number of halogens is 1. The SMILES string of the molecule is OCC1(F)CNC(COCc2ccccc2)C1. The van der Waals surface area contributed by atoms with Crippen LogP contribution in [0.3, 0.4) is 0 Å². The highest BCUT2D eigenvalue weighted by Crippen LogP contribution is 2.23. The Morgan fingerprint density at radius 2 is 2.18 bits per heavy atom. The van der Waals surface area contributed by atoms with Crippen molar-refractivity contribution in [2.24, 2.45) is 0 Å². The van der Waals surface area contributed by atoms with E-state index in [0.29, 0.717) is 19.6 Å². The second kappa shape index (κ2) is 5.58. The minimum Gasteiger partial charge on any atom is -0.393 e. The summed E-state index contributed by atoms with van der Waals surface area (Å²) in [7, 11) is 0. The van der Waals surface area contributed by atoms with Gasteiger partial charge in [-0.1, -0.05) is 30.3 Å². The molecular formula is C13H18FNO2. The van der Waals surface area contributed by atoms with E-state index in [1.807, 2.05) is 30.3 Å². The summed E-state index contributed by atoms with van der Waals surface area (Å²) in [6, 6.07) is 9.87. The number of alkyl halides is 1. The average molecular weight is 239 g/mol. The first kappa shape index (κ1) is 12.5. The van der Waals surface area contributed by atoms with E-state index in [4.69, 9.17) is 9.84 Å². The molecule has 17 heavy (non-hydrogen) atoms. The monoisotopic (exact) mass is 239 g/mol. The molecule has 1 aliphatic heterocycles. The van der Waals surface area contributed by atoms with Gasteiger partial charge in [0.15, 0.2) is 0 Å². The zero-order chi connectivity index (χ0) is 12.1. The molecule has 2 atom stereocenters. The summed E-state index contributed by atoms with van der Waals surface area (Å²) in [6.07, 6.45) is 0.318. The number of aliphatic hydroxyl groups excluding tert-OH is 1. The maximum Gasteiger partial charge on any atom is 0.147 e. The minimum atomic E-state index is -1.47. The van der Waals surface area contributed by atoms with Gasteiger partial charge in [0.2, 0.25) is 0 Å². The summed E-state index contributed by atoms with van der Waals surface area (Å²) in [5, 5.41) is 11.9. The van der Waals surface area contributed by atoms with Crippen LogP contribution in [0.2, 0.25) is 0 Å². The highest BCUT2D eigenvalue weighted by molar-refractivity contribution is 5.13. The second-order valence-electron chi connectivity index (χ2n) is 4.59. The summed E-state index contributed by atoms with van der Waals surface area (Å²) in [6.45, 7) is 0.802. The Labute approximate surface area is 101 Å². The van der Waals surface area contributed by atoms with E-state index in [2.05, 4.69) is 5.32 Å². The van der Waals surface area contributed by atoms with Crippen LogP contribution in [0.25, 0.3) is 0 Å². The molecule has 1 saturated heterocycles. The maximum absolute atomic E-state index is 13.7. The zero-order valence-corrected chi connectivity index (χ0v) is 9.73. The van der Waals surface area contributed by atoms with E-state index in [0.717, 1.165) is 5.56 Å². The normalized spacial score (nSPS) is 28.5.